The van der Waals surface area contributed by atoms with E-state index in [1.165, 1.54) is 12.3 Å². The molecule has 0 unspecified atom stereocenters. The van der Waals surface area contributed by atoms with E-state index in [9.17, 15) is 23.1 Å². The topological polar surface area (TPSA) is 107 Å². The van der Waals surface area contributed by atoms with Crippen LogP contribution in [-0.4, -0.2) is 41.3 Å². The minimum absolute atomic E-state index is 0. The molecular formula is C13H8ClN2NaO5S. The fraction of sp³-hybridized carbons (Fsp3) is 0.154. The summed E-state index contributed by atoms with van der Waals surface area (Å²) in [6.45, 7) is 0. The molecule has 1 aromatic heterocycles. The van der Waals surface area contributed by atoms with Crippen LogP contribution in [0.2, 0.25) is 0 Å². The molecule has 10 heteroatoms. The first-order valence-corrected chi connectivity index (χ1v) is 8.20. The summed E-state index contributed by atoms with van der Waals surface area (Å²) in [6.07, 6.45) is 2.82. The summed E-state index contributed by atoms with van der Waals surface area (Å²) in [5, 5.41) is 9.31. The van der Waals surface area contributed by atoms with E-state index in [0.717, 1.165) is 0 Å². The van der Waals surface area contributed by atoms with Gasteiger partial charge in [0.2, 0.25) is 0 Å². The number of hydrogen-bond acceptors (Lipinski definition) is 6. The van der Waals surface area contributed by atoms with Crippen molar-refractivity contribution in [3.05, 3.63) is 46.4 Å². The SMILES string of the molecule is O=C([O-])C1=C(Cl)CS(=O)(=O)[C@@H]2/C(=C\c3ccccn3)C(=O)N12.[Na+]. The smallest absolute Gasteiger partial charge is 0.543 e. The van der Waals surface area contributed by atoms with Crippen molar-refractivity contribution < 1.29 is 52.7 Å². The Bertz CT molecular complexity index is 850. The quantitative estimate of drug-likeness (QED) is 0.304. The van der Waals surface area contributed by atoms with Crippen LogP contribution in [0.4, 0.5) is 0 Å². The number of sulfone groups is 1. The Kier molecular flexibility index (Phi) is 5.03. The standard InChI is InChI=1S/C13H9ClN2O5S.Na/c14-9-6-22(20,21)12-8(5-7-3-1-2-4-15-7)11(17)16(12)10(9)13(18)19;/h1-5,12H,6H2,(H,18,19);/q;+1/p-1/b8-5-;/t12-;/m1./s1. The molecule has 0 N–H and O–H groups in total. The number of hydrogen-bond donors (Lipinski definition) is 0. The monoisotopic (exact) mass is 362 g/mol. The second kappa shape index (κ2) is 6.37. The van der Waals surface area contributed by atoms with Crippen LogP contribution in [0.25, 0.3) is 6.08 Å². The second-order valence-electron chi connectivity index (χ2n) is 4.73. The zero-order valence-corrected chi connectivity index (χ0v) is 15.5. The molecular weight excluding hydrogens is 355 g/mol. The molecule has 0 radical (unpaired) electrons. The Labute approximate surface area is 158 Å². The van der Waals surface area contributed by atoms with Crippen LogP contribution in [0, 0.1) is 0 Å². The first kappa shape index (κ1) is 18.2. The third-order valence-electron chi connectivity index (χ3n) is 3.32. The van der Waals surface area contributed by atoms with E-state index in [0.29, 0.717) is 10.6 Å². The Morgan fingerprint density at radius 2 is 2.13 bits per heavy atom. The molecule has 0 saturated carbocycles. The number of aromatic nitrogens is 1. The second-order valence-corrected chi connectivity index (χ2v) is 7.25. The number of fused-ring (bicyclic) bond motifs is 1. The zero-order valence-electron chi connectivity index (χ0n) is 11.9. The fourth-order valence-electron chi connectivity index (χ4n) is 2.41. The molecule has 0 spiro atoms. The average molecular weight is 363 g/mol. The Morgan fingerprint density at radius 3 is 2.70 bits per heavy atom. The van der Waals surface area contributed by atoms with E-state index >= 15 is 0 Å². The van der Waals surface area contributed by atoms with Crippen molar-refractivity contribution in [2.75, 3.05) is 5.75 Å². The van der Waals surface area contributed by atoms with Crippen LogP contribution in [0.15, 0.2) is 40.7 Å². The summed E-state index contributed by atoms with van der Waals surface area (Å²) in [5.41, 5.74) is -0.234. The van der Waals surface area contributed by atoms with Gasteiger partial charge in [0, 0.05) is 6.20 Å². The number of aliphatic carboxylic acids is 1. The maximum absolute atomic E-state index is 12.2. The molecule has 1 fully saturated rings. The number of carbonyl (C=O) groups excluding carboxylic acids is 2. The van der Waals surface area contributed by atoms with Gasteiger partial charge in [-0.3, -0.25) is 14.7 Å². The molecule has 7 nitrogen and oxygen atoms in total. The molecule has 1 amide bonds. The molecule has 23 heavy (non-hydrogen) atoms. The van der Waals surface area contributed by atoms with E-state index in [-0.39, 0.29) is 35.1 Å². The summed E-state index contributed by atoms with van der Waals surface area (Å²) >= 11 is 5.68. The van der Waals surface area contributed by atoms with Gasteiger partial charge >= 0.3 is 29.6 Å². The predicted octanol–water partition coefficient (Wildman–Crippen LogP) is -3.73. The van der Waals surface area contributed by atoms with Gasteiger partial charge in [-0.25, -0.2) is 8.42 Å². The minimum atomic E-state index is -3.81. The number of pyridine rings is 1. The Balaban J connectivity index is 0.00000192. The van der Waals surface area contributed by atoms with Crippen LogP contribution in [0.5, 0.6) is 0 Å². The molecule has 1 atom stereocenters. The van der Waals surface area contributed by atoms with E-state index in [1.54, 1.807) is 18.2 Å². The summed E-state index contributed by atoms with van der Waals surface area (Å²) in [6, 6.07) is 4.95. The van der Waals surface area contributed by atoms with Gasteiger partial charge in [0.1, 0.15) is 0 Å². The van der Waals surface area contributed by atoms with Crippen molar-refractivity contribution in [1.82, 2.24) is 9.88 Å². The predicted molar refractivity (Wildman–Crippen MR) is 74.5 cm³/mol. The Hall–Kier alpha value is -1.19. The fourth-order valence-corrected chi connectivity index (χ4v) is 4.76. The summed E-state index contributed by atoms with van der Waals surface area (Å²) in [5.74, 6) is -3.07. The molecule has 0 aliphatic carbocycles. The summed E-state index contributed by atoms with van der Waals surface area (Å²) in [7, 11) is -3.81. The number of β-lactam (4-membered cyclic amide) rings is 1. The van der Waals surface area contributed by atoms with Gasteiger partial charge in [0.25, 0.3) is 5.91 Å². The Morgan fingerprint density at radius 1 is 1.43 bits per heavy atom. The molecule has 1 saturated heterocycles. The van der Waals surface area contributed by atoms with Crippen LogP contribution < -0.4 is 34.7 Å². The number of carbonyl (C=O) groups is 2. The summed E-state index contributed by atoms with van der Waals surface area (Å²) in [4.78, 5) is 27.9. The number of amides is 1. The van der Waals surface area contributed by atoms with Gasteiger partial charge in [0.05, 0.1) is 33.7 Å². The first-order valence-electron chi connectivity index (χ1n) is 6.10. The van der Waals surface area contributed by atoms with E-state index < -0.39 is 43.6 Å². The van der Waals surface area contributed by atoms with Gasteiger partial charge in [-0.05, 0) is 18.2 Å². The molecule has 3 heterocycles. The van der Waals surface area contributed by atoms with Gasteiger partial charge in [-0.15, -0.1) is 0 Å². The van der Waals surface area contributed by atoms with Crippen molar-refractivity contribution in [2.24, 2.45) is 0 Å². The van der Waals surface area contributed by atoms with Crippen LogP contribution in [0.3, 0.4) is 0 Å². The van der Waals surface area contributed by atoms with Crippen molar-refractivity contribution in [1.29, 1.82) is 0 Å². The molecule has 0 bridgehead atoms. The zero-order chi connectivity index (χ0) is 16.1. The molecule has 114 valence electrons. The third kappa shape index (κ3) is 2.97. The molecule has 0 aromatic carbocycles. The first-order chi connectivity index (χ1) is 10.3. The van der Waals surface area contributed by atoms with Crippen molar-refractivity contribution in [2.45, 2.75) is 5.37 Å². The number of carboxylic acid groups (broad SMARTS) is 1. The van der Waals surface area contributed by atoms with Gasteiger partial charge < -0.3 is 9.90 Å². The number of nitrogens with zero attached hydrogens (tertiary/aromatic N) is 2. The van der Waals surface area contributed by atoms with Crippen molar-refractivity contribution in [3.63, 3.8) is 0 Å². The molecule has 2 aliphatic heterocycles. The minimum Gasteiger partial charge on any atom is -0.543 e. The number of rotatable bonds is 2. The van der Waals surface area contributed by atoms with Crippen molar-refractivity contribution in [3.8, 4) is 0 Å². The van der Waals surface area contributed by atoms with Crippen LogP contribution in [0.1, 0.15) is 5.69 Å². The molecule has 2 aliphatic rings. The van der Waals surface area contributed by atoms with Gasteiger partial charge in [-0.2, -0.15) is 0 Å². The molecule has 3 rings (SSSR count). The van der Waals surface area contributed by atoms with E-state index in [4.69, 9.17) is 11.6 Å². The summed E-state index contributed by atoms with van der Waals surface area (Å²) < 4.78 is 24.4. The molecule has 1 aromatic rings. The number of carboxylic acids is 1. The van der Waals surface area contributed by atoms with E-state index in [2.05, 4.69) is 4.98 Å². The van der Waals surface area contributed by atoms with Crippen LogP contribution in [-0.2, 0) is 19.4 Å². The normalized spacial score (nSPS) is 23.9. The van der Waals surface area contributed by atoms with Gasteiger partial charge in [-0.1, -0.05) is 17.7 Å². The van der Waals surface area contributed by atoms with Crippen molar-refractivity contribution >= 4 is 39.4 Å². The van der Waals surface area contributed by atoms with Gasteiger partial charge in [0.15, 0.2) is 15.2 Å². The maximum Gasteiger partial charge on any atom is 1.00 e. The number of halogens is 1. The average Bonchev–Trinajstić information content (AvgIpc) is 2.44. The van der Waals surface area contributed by atoms with Crippen LogP contribution >= 0.6 is 11.6 Å². The maximum atomic E-state index is 12.2. The van der Waals surface area contributed by atoms with E-state index in [1.807, 2.05) is 0 Å². The third-order valence-corrected chi connectivity index (χ3v) is 5.62. The largest absolute Gasteiger partial charge is 1.00 e.